The first-order chi connectivity index (χ1) is 9.86. The number of nitrogens with zero attached hydrogens (tertiary/aromatic N) is 2. The Labute approximate surface area is 123 Å². The van der Waals surface area contributed by atoms with Gasteiger partial charge in [-0.15, -0.1) is 0 Å². The third-order valence-corrected chi connectivity index (χ3v) is 2.73. The molecule has 0 bridgehead atoms. The van der Waals surface area contributed by atoms with E-state index in [2.05, 4.69) is 15.3 Å². The largest absolute Gasteiger partial charge is 0.318 e. The Hall–Kier alpha value is -2.15. The fourth-order valence-electron chi connectivity index (χ4n) is 1.60. The Balaban J connectivity index is 2.28. The summed E-state index contributed by atoms with van der Waals surface area (Å²) in [7, 11) is 0. The number of hydrogen-bond acceptors (Lipinski definition) is 3. The van der Waals surface area contributed by atoms with Crippen molar-refractivity contribution in [2.45, 2.75) is 13.3 Å². The molecule has 0 saturated heterocycles. The van der Waals surface area contributed by atoms with Gasteiger partial charge in [-0.2, -0.15) is 0 Å². The van der Waals surface area contributed by atoms with Gasteiger partial charge in [0.2, 0.25) is 0 Å². The monoisotopic (exact) mass is 315 g/mol. The number of anilines is 1. The Kier molecular flexibility index (Phi) is 4.42. The third-order valence-electron chi connectivity index (χ3n) is 2.49. The molecule has 0 aliphatic heterocycles. The van der Waals surface area contributed by atoms with Crippen molar-refractivity contribution in [2.75, 3.05) is 5.32 Å². The Morgan fingerprint density at radius 3 is 2.62 bits per heavy atom. The van der Waals surface area contributed by atoms with Crippen molar-refractivity contribution in [3.8, 4) is 0 Å². The molecule has 0 radical (unpaired) electrons. The molecule has 1 N–H and O–H groups in total. The molecule has 8 heteroatoms. The summed E-state index contributed by atoms with van der Waals surface area (Å²) in [6, 6.07) is 4.53. The third kappa shape index (κ3) is 3.69. The van der Waals surface area contributed by atoms with Crippen molar-refractivity contribution in [2.24, 2.45) is 0 Å². The van der Waals surface area contributed by atoms with Crippen LogP contribution in [-0.4, -0.2) is 15.9 Å². The number of nitrogens with one attached hydrogen (secondary N) is 1. The van der Waals surface area contributed by atoms with Crippen LogP contribution in [-0.2, 0) is 0 Å². The smallest absolute Gasteiger partial charge is 0.280 e. The summed E-state index contributed by atoms with van der Waals surface area (Å²) in [6.45, 7) is 1.38. The number of amides is 1. The van der Waals surface area contributed by atoms with Gasteiger partial charge < -0.3 is 5.32 Å². The topological polar surface area (TPSA) is 54.9 Å². The molecule has 2 rings (SSSR count). The number of rotatable bonds is 3. The summed E-state index contributed by atoms with van der Waals surface area (Å²) in [6.07, 6.45) is -2.83. The number of benzene rings is 1. The quantitative estimate of drug-likeness (QED) is 0.938. The Morgan fingerprint density at radius 2 is 2.00 bits per heavy atom. The lowest BCUT2D eigenvalue weighted by Crippen LogP contribution is -2.16. The maximum Gasteiger partial charge on any atom is 0.280 e. The first-order valence-corrected chi connectivity index (χ1v) is 6.14. The molecule has 1 heterocycles. The lowest BCUT2D eigenvalue weighted by atomic mass is 10.2. The lowest BCUT2D eigenvalue weighted by molar-refractivity contribution is 0.102. The van der Waals surface area contributed by atoms with E-state index in [1.54, 1.807) is 0 Å². The van der Waals surface area contributed by atoms with Crippen molar-refractivity contribution < 1.29 is 18.0 Å². The van der Waals surface area contributed by atoms with Crippen LogP contribution < -0.4 is 5.32 Å². The van der Waals surface area contributed by atoms with E-state index >= 15 is 0 Å². The fourth-order valence-corrected chi connectivity index (χ4v) is 1.75. The minimum atomic E-state index is -2.83. The Bertz CT molecular complexity index is 694. The van der Waals surface area contributed by atoms with Crippen LogP contribution in [0.2, 0.25) is 5.02 Å². The second-order valence-electron chi connectivity index (χ2n) is 4.10. The maximum atomic E-state index is 13.6. The van der Waals surface area contributed by atoms with Gasteiger partial charge in [0.25, 0.3) is 12.3 Å². The van der Waals surface area contributed by atoms with Crippen LogP contribution in [0.5, 0.6) is 0 Å². The van der Waals surface area contributed by atoms with Crippen LogP contribution in [0.3, 0.4) is 0 Å². The molecule has 0 fully saturated rings. The summed E-state index contributed by atoms with van der Waals surface area (Å²) in [4.78, 5) is 19.2. The van der Waals surface area contributed by atoms with E-state index in [1.165, 1.54) is 19.1 Å². The predicted octanol–water partition coefficient (Wildman–Crippen LogP) is 3.77. The van der Waals surface area contributed by atoms with Gasteiger partial charge in [-0.05, 0) is 31.2 Å². The van der Waals surface area contributed by atoms with Gasteiger partial charge in [-0.1, -0.05) is 11.6 Å². The molecule has 21 heavy (non-hydrogen) atoms. The van der Waals surface area contributed by atoms with Gasteiger partial charge in [0.15, 0.2) is 0 Å². The zero-order valence-corrected chi connectivity index (χ0v) is 11.5. The molecule has 0 aliphatic carbocycles. The summed E-state index contributed by atoms with van der Waals surface area (Å²) < 4.78 is 38.8. The van der Waals surface area contributed by atoms with Crippen LogP contribution in [0.4, 0.5) is 18.9 Å². The maximum absolute atomic E-state index is 13.6. The summed E-state index contributed by atoms with van der Waals surface area (Å²) in [5.74, 6) is -1.53. The van der Waals surface area contributed by atoms with Crippen LogP contribution in [0.25, 0.3) is 0 Å². The summed E-state index contributed by atoms with van der Waals surface area (Å²) in [5, 5.41) is 2.41. The van der Waals surface area contributed by atoms with Gasteiger partial charge in [0, 0.05) is 5.02 Å². The molecule has 2 aromatic rings. The van der Waals surface area contributed by atoms with Gasteiger partial charge in [0.05, 0.1) is 5.69 Å². The highest BCUT2D eigenvalue weighted by molar-refractivity contribution is 6.30. The van der Waals surface area contributed by atoms with E-state index in [0.29, 0.717) is 0 Å². The van der Waals surface area contributed by atoms with Crippen molar-refractivity contribution >= 4 is 23.2 Å². The molecular weight excluding hydrogens is 307 g/mol. The molecule has 1 amide bonds. The number of hydrogen-bond donors (Lipinski definition) is 1. The molecular formula is C13H9ClF3N3O. The zero-order valence-electron chi connectivity index (χ0n) is 10.7. The molecule has 0 saturated carbocycles. The van der Waals surface area contributed by atoms with Crippen LogP contribution in [0.1, 0.15) is 28.4 Å². The normalized spacial score (nSPS) is 10.8. The average Bonchev–Trinajstić information content (AvgIpc) is 2.41. The molecule has 110 valence electrons. The molecule has 4 nitrogen and oxygen atoms in total. The zero-order chi connectivity index (χ0) is 15.6. The molecule has 0 atom stereocenters. The summed E-state index contributed by atoms with van der Waals surface area (Å²) >= 11 is 5.59. The van der Waals surface area contributed by atoms with Crippen LogP contribution in [0.15, 0.2) is 24.3 Å². The number of aryl methyl sites for hydroxylation is 1. The number of halogens is 4. The van der Waals surface area contributed by atoms with E-state index in [1.807, 2.05) is 0 Å². The highest BCUT2D eigenvalue weighted by Gasteiger charge is 2.17. The lowest BCUT2D eigenvalue weighted by Gasteiger charge is -2.08. The van der Waals surface area contributed by atoms with Crippen molar-refractivity contribution in [1.82, 2.24) is 9.97 Å². The van der Waals surface area contributed by atoms with Gasteiger partial charge in [-0.3, -0.25) is 4.79 Å². The minimum Gasteiger partial charge on any atom is -0.318 e. The standard InChI is InChI=1S/C13H9ClF3N3O/c1-6-18-10(12(16)17)5-11(19-6)13(21)20-9-3-2-7(14)4-8(9)15/h2-5,12H,1H3,(H,20,21). The number of carbonyl (C=O) groups excluding carboxylic acids is 1. The first kappa shape index (κ1) is 15.2. The Morgan fingerprint density at radius 1 is 1.29 bits per heavy atom. The van der Waals surface area contributed by atoms with E-state index in [4.69, 9.17) is 11.6 Å². The van der Waals surface area contributed by atoms with Gasteiger partial charge >= 0.3 is 0 Å². The molecule has 0 unspecified atom stereocenters. The van der Waals surface area contributed by atoms with Crippen LogP contribution >= 0.6 is 11.6 Å². The second kappa shape index (κ2) is 6.09. The molecule has 1 aromatic carbocycles. The predicted molar refractivity (Wildman–Crippen MR) is 71.1 cm³/mol. The highest BCUT2D eigenvalue weighted by atomic mass is 35.5. The number of aromatic nitrogens is 2. The van der Waals surface area contributed by atoms with Gasteiger partial charge in [-0.25, -0.2) is 23.1 Å². The highest BCUT2D eigenvalue weighted by Crippen LogP contribution is 2.20. The number of carbonyl (C=O) groups is 1. The van der Waals surface area contributed by atoms with E-state index in [9.17, 15) is 18.0 Å². The molecule has 1 aromatic heterocycles. The van der Waals surface area contributed by atoms with Crippen molar-refractivity contribution in [1.29, 1.82) is 0 Å². The average molecular weight is 316 g/mol. The van der Waals surface area contributed by atoms with Crippen LogP contribution in [0, 0.1) is 12.7 Å². The number of alkyl halides is 2. The van der Waals surface area contributed by atoms with E-state index in [0.717, 1.165) is 12.1 Å². The second-order valence-corrected chi connectivity index (χ2v) is 4.54. The fraction of sp³-hybridized carbons (Fsp3) is 0.154. The minimum absolute atomic E-state index is 0.0227. The SMILES string of the molecule is Cc1nc(C(=O)Nc2ccc(Cl)cc2F)cc(C(F)F)n1. The van der Waals surface area contributed by atoms with E-state index < -0.39 is 23.8 Å². The molecule has 0 aliphatic rings. The summed E-state index contributed by atoms with van der Waals surface area (Å²) in [5.41, 5.74) is -0.962. The van der Waals surface area contributed by atoms with Crippen molar-refractivity contribution in [3.05, 3.63) is 52.3 Å². The van der Waals surface area contributed by atoms with E-state index in [-0.39, 0.29) is 22.2 Å². The molecule has 0 spiro atoms. The van der Waals surface area contributed by atoms with Crippen molar-refractivity contribution in [3.63, 3.8) is 0 Å². The first-order valence-electron chi connectivity index (χ1n) is 5.77. The van der Waals surface area contributed by atoms with Gasteiger partial charge in [0.1, 0.15) is 23.0 Å².